The Morgan fingerprint density at radius 2 is 2.38 bits per heavy atom. The predicted octanol–water partition coefficient (Wildman–Crippen LogP) is 1.05. The highest BCUT2D eigenvalue weighted by Gasteiger charge is 1.92. The maximum Gasteiger partial charge on any atom is 0.315 e. The highest BCUT2D eigenvalue weighted by Crippen LogP contribution is 1.95. The number of aromatic nitrogens is 1. The van der Waals surface area contributed by atoms with Crippen molar-refractivity contribution in [1.29, 1.82) is 0 Å². The van der Waals surface area contributed by atoms with E-state index in [1.54, 1.807) is 0 Å². The van der Waals surface area contributed by atoms with E-state index in [1.165, 1.54) is 18.2 Å². The van der Waals surface area contributed by atoms with Gasteiger partial charge in [0, 0.05) is 0 Å². The molecule has 0 saturated carbocycles. The van der Waals surface area contributed by atoms with Gasteiger partial charge in [-0.25, -0.2) is 4.98 Å². The number of halogens is 1. The van der Waals surface area contributed by atoms with Gasteiger partial charge in [-0.1, -0.05) is 12.0 Å². The van der Waals surface area contributed by atoms with Crippen LogP contribution < -0.4 is 0 Å². The maximum atomic E-state index is 12.5. The Bertz CT molecular complexity index is 379. The van der Waals surface area contributed by atoms with Crippen molar-refractivity contribution in [2.75, 3.05) is 0 Å². The van der Waals surface area contributed by atoms with E-state index in [9.17, 15) is 9.18 Å². The molecule has 1 heterocycles. The van der Waals surface area contributed by atoms with Crippen LogP contribution in [0.25, 0.3) is 0 Å². The maximum absolute atomic E-state index is 12.5. The van der Waals surface area contributed by atoms with Gasteiger partial charge in [-0.15, -0.1) is 0 Å². The van der Waals surface area contributed by atoms with Gasteiger partial charge < -0.3 is 5.11 Å². The highest BCUT2D eigenvalue weighted by molar-refractivity contribution is 5.70. The topological polar surface area (TPSA) is 50.2 Å². The largest absolute Gasteiger partial charge is 0.481 e. The van der Waals surface area contributed by atoms with Crippen molar-refractivity contribution >= 4 is 5.97 Å². The zero-order valence-corrected chi connectivity index (χ0v) is 6.62. The predicted molar refractivity (Wildman–Crippen MR) is 43.3 cm³/mol. The molecule has 0 aromatic carbocycles. The second-order valence-electron chi connectivity index (χ2n) is 2.22. The second kappa shape index (κ2) is 4.21. The van der Waals surface area contributed by atoms with Crippen LogP contribution in [0.2, 0.25) is 0 Å². The summed E-state index contributed by atoms with van der Waals surface area (Å²) in [5.74, 6) is 3.15. The molecule has 66 valence electrons. The van der Waals surface area contributed by atoms with Crippen LogP contribution in [0.3, 0.4) is 0 Å². The van der Waals surface area contributed by atoms with Crippen molar-refractivity contribution < 1.29 is 14.3 Å². The summed E-state index contributed by atoms with van der Waals surface area (Å²) in [7, 11) is 0. The van der Waals surface area contributed by atoms with Crippen molar-refractivity contribution in [3.05, 3.63) is 29.8 Å². The molecule has 0 spiro atoms. The van der Waals surface area contributed by atoms with Gasteiger partial charge in [-0.3, -0.25) is 4.79 Å². The summed E-state index contributed by atoms with van der Waals surface area (Å²) in [6.45, 7) is 0. The Morgan fingerprint density at radius 3 is 3.00 bits per heavy atom. The minimum absolute atomic E-state index is 0.237. The van der Waals surface area contributed by atoms with Crippen LogP contribution in [0.1, 0.15) is 12.1 Å². The van der Waals surface area contributed by atoms with E-state index in [4.69, 9.17) is 5.11 Å². The molecular formula is C9H6FNO2. The number of nitrogens with zero attached hydrogens (tertiary/aromatic N) is 1. The molecule has 0 unspecified atom stereocenters. The molecule has 0 radical (unpaired) electrons. The van der Waals surface area contributed by atoms with E-state index in [0.29, 0.717) is 0 Å². The molecule has 0 aliphatic heterocycles. The summed E-state index contributed by atoms with van der Waals surface area (Å²) < 4.78 is 12.5. The average molecular weight is 179 g/mol. The summed E-state index contributed by atoms with van der Waals surface area (Å²) >= 11 is 0. The number of hydrogen-bond acceptors (Lipinski definition) is 2. The SMILES string of the molecule is O=C(O)CC#Cc1cccc(F)n1. The van der Waals surface area contributed by atoms with Crippen LogP contribution in [0.15, 0.2) is 18.2 Å². The lowest BCUT2D eigenvalue weighted by Crippen LogP contribution is -1.91. The molecule has 1 aromatic heterocycles. The quantitative estimate of drug-likeness (QED) is 0.517. The molecule has 0 amide bonds. The average Bonchev–Trinajstić information content (AvgIpc) is 2.03. The number of rotatable bonds is 1. The minimum atomic E-state index is -1.01. The van der Waals surface area contributed by atoms with Crippen LogP contribution in [0, 0.1) is 17.8 Å². The Labute approximate surface area is 74.2 Å². The summed E-state index contributed by atoms with van der Waals surface area (Å²) in [5.41, 5.74) is 0.237. The van der Waals surface area contributed by atoms with Crippen molar-refractivity contribution in [3.8, 4) is 11.8 Å². The van der Waals surface area contributed by atoms with Gasteiger partial charge in [-0.2, -0.15) is 4.39 Å². The van der Waals surface area contributed by atoms with Gasteiger partial charge in [0.2, 0.25) is 5.95 Å². The molecule has 13 heavy (non-hydrogen) atoms. The van der Waals surface area contributed by atoms with E-state index >= 15 is 0 Å². The van der Waals surface area contributed by atoms with Crippen LogP contribution in [-0.2, 0) is 4.79 Å². The molecule has 0 aliphatic rings. The van der Waals surface area contributed by atoms with Crippen molar-refractivity contribution in [3.63, 3.8) is 0 Å². The van der Waals surface area contributed by atoms with Crippen LogP contribution in [0.5, 0.6) is 0 Å². The monoisotopic (exact) mass is 179 g/mol. The van der Waals surface area contributed by atoms with Crippen molar-refractivity contribution in [2.45, 2.75) is 6.42 Å². The van der Waals surface area contributed by atoms with Gasteiger partial charge in [0.1, 0.15) is 12.1 Å². The summed E-state index contributed by atoms with van der Waals surface area (Å²) in [4.78, 5) is 13.5. The first-order valence-electron chi connectivity index (χ1n) is 3.52. The molecule has 1 N–H and O–H groups in total. The molecule has 0 saturated heterocycles. The van der Waals surface area contributed by atoms with Gasteiger partial charge in [-0.05, 0) is 18.1 Å². The van der Waals surface area contributed by atoms with E-state index in [-0.39, 0.29) is 12.1 Å². The van der Waals surface area contributed by atoms with E-state index in [1.807, 2.05) is 0 Å². The second-order valence-corrected chi connectivity index (χ2v) is 2.22. The Balaban J connectivity index is 2.72. The molecule has 4 heteroatoms. The first kappa shape index (κ1) is 9.20. The minimum Gasteiger partial charge on any atom is -0.481 e. The standard InChI is InChI=1S/C9H6FNO2/c10-8-5-1-3-7(11-8)4-2-6-9(12)13/h1,3,5H,6H2,(H,12,13). The van der Waals surface area contributed by atoms with Crippen LogP contribution >= 0.6 is 0 Å². The lowest BCUT2D eigenvalue weighted by Gasteiger charge is -1.87. The summed E-state index contributed by atoms with van der Waals surface area (Å²) in [5, 5.41) is 8.25. The molecule has 0 fully saturated rings. The fraction of sp³-hybridized carbons (Fsp3) is 0.111. The molecular weight excluding hydrogens is 173 g/mol. The van der Waals surface area contributed by atoms with Gasteiger partial charge in [0.15, 0.2) is 0 Å². The number of carbonyl (C=O) groups is 1. The summed E-state index contributed by atoms with van der Waals surface area (Å²) in [6, 6.07) is 4.17. The zero-order chi connectivity index (χ0) is 9.68. The first-order chi connectivity index (χ1) is 6.18. The highest BCUT2D eigenvalue weighted by atomic mass is 19.1. The Morgan fingerprint density at radius 1 is 1.62 bits per heavy atom. The number of carboxylic acid groups (broad SMARTS) is 1. The number of hydrogen-bond donors (Lipinski definition) is 1. The normalized spacial score (nSPS) is 8.69. The number of pyridine rings is 1. The lowest BCUT2D eigenvalue weighted by atomic mass is 10.3. The van der Waals surface area contributed by atoms with Crippen LogP contribution in [-0.4, -0.2) is 16.1 Å². The van der Waals surface area contributed by atoms with Gasteiger partial charge in [0.25, 0.3) is 0 Å². The summed E-state index contributed by atoms with van der Waals surface area (Å²) in [6.07, 6.45) is -0.266. The fourth-order valence-electron chi connectivity index (χ4n) is 0.688. The Kier molecular flexibility index (Phi) is 2.98. The molecule has 1 rings (SSSR count). The lowest BCUT2D eigenvalue weighted by molar-refractivity contribution is -0.135. The third-order valence-electron chi connectivity index (χ3n) is 1.17. The van der Waals surface area contributed by atoms with Crippen LogP contribution in [0.4, 0.5) is 4.39 Å². The molecule has 0 atom stereocenters. The first-order valence-corrected chi connectivity index (χ1v) is 3.52. The zero-order valence-electron chi connectivity index (χ0n) is 6.62. The smallest absolute Gasteiger partial charge is 0.315 e. The fourth-order valence-corrected chi connectivity index (χ4v) is 0.688. The molecule has 1 aromatic rings. The number of carboxylic acids is 1. The van der Waals surface area contributed by atoms with Gasteiger partial charge in [0.05, 0.1) is 0 Å². The molecule has 3 nitrogen and oxygen atoms in total. The van der Waals surface area contributed by atoms with E-state index < -0.39 is 11.9 Å². The molecule has 0 aliphatic carbocycles. The number of aliphatic carboxylic acids is 1. The molecule has 0 bridgehead atoms. The van der Waals surface area contributed by atoms with Gasteiger partial charge >= 0.3 is 5.97 Å². The Hall–Kier alpha value is -1.89. The third kappa shape index (κ3) is 3.34. The van der Waals surface area contributed by atoms with Crippen molar-refractivity contribution in [1.82, 2.24) is 4.98 Å². The van der Waals surface area contributed by atoms with Crippen molar-refractivity contribution in [2.24, 2.45) is 0 Å². The van der Waals surface area contributed by atoms with E-state index in [2.05, 4.69) is 16.8 Å². The van der Waals surface area contributed by atoms with E-state index in [0.717, 1.165) is 0 Å². The third-order valence-corrected chi connectivity index (χ3v) is 1.17.